The van der Waals surface area contributed by atoms with E-state index in [4.69, 9.17) is 9.47 Å². The second kappa shape index (κ2) is 7.81. The van der Waals surface area contributed by atoms with Crippen LogP contribution in [-0.2, 0) is 9.53 Å². The van der Waals surface area contributed by atoms with Gasteiger partial charge in [-0.25, -0.2) is 9.59 Å². The van der Waals surface area contributed by atoms with Gasteiger partial charge < -0.3 is 19.7 Å². The summed E-state index contributed by atoms with van der Waals surface area (Å²) in [7, 11) is 1.64. The van der Waals surface area contributed by atoms with Gasteiger partial charge in [-0.1, -0.05) is 12.1 Å². The predicted octanol–water partition coefficient (Wildman–Crippen LogP) is 3.54. The van der Waals surface area contributed by atoms with Crippen LogP contribution in [0.1, 0.15) is 51.1 Å². The van der Waals surface area contributed by atoms with E-state index in [9.17, 15) is 9.59 Å². The monoisotopic (exact) mass is 358 g/mol. The average Bonchev–Trinajstić information content (AvgIpc) is 3.12. The molecule has 1 aliphatic heterocycles. The number of rotatable bonds is 5. The Bertz CT molecular complexity index is 722. The Morgan fingerprint density at radius 3 is 2.73 bits per heavy atom. The molecule has 3 rings (SSSR count). The van der Waals surface area contributed by atoms with Gasteiger partial charge in [0.2, 0.25) is 0 Å². The molecular formula is C20H26N2O4. The summed E-state index contributed by atoms with van der Waals surface area (Å²) in [4.78, 5) is 26.2. The number of carbonyl (C=O) groups excluding carboxylic acids is 2. The van der Waals surface area contributed by atoms with Crippen LogP contribution in [0.5, 0.6) is 5.75 Å². The molecule has 1 saturated carbocycles. The largest absolute Gasteiger partial charge is 0.490 e. The summed E-state index contributed by atoms with van der Waals surface area (Å²) < 4.78 is 11.3. The number of nitrogens with zero attached hydrogens (tertiary/aromatic N) is 1. The quantitative estimate of drug-likeness (QED) is 0.818. The standard InChI is InChI=1S/C20H26N2O4/c1-4-25-19(23)17-13(2)22(3)20(24)21-18(17)14-8-7-11-16(12-14)26-15-9-5-6-10-15/h7-8,11-12,15,18H,4-6,9-10H2,1-3H3,(H,21,24)/t18-/m0/s1. The van der Waals surface area contributed by atoms with Crippen molar-refractivity contribution < 1.29 is 19.1 Å². The van der Waals surface area contributed by atoms with Crippen molar-refractivity contribution in [1.29, 1.82) is 0 Å². The van der Waals surface area contributed by atoms with Crippen molar-refractivity contribution in [2.24, 2.45) is 0 Å². The molecule has 1 atom stereocenters. The van der Waals surface area contributed by atoms with Crippen molar-refractivity contribution in [3.05, 3.63) is 41.1 Å². The van der Waals surface area contributed by atoms with Crippen LogP contribution >= 0.6 is 0 Å². The van der Waals surface area contributed by atoms with E-state index in [0.717, 1.165) is 24.2 Å². The summed E-state index contributed by atoms with van der Waals surface area (Å²) in [5, 5.41) is 2.90. The molecule has 0 aromatic heterocycles. The first-order chi connectivity index (χ1) is 12.5. The molecule has 0 unspecified atom stereocenters. The van der Waals surface area contributed by atoms with Crippen molar-refractivity contribution in [3.63, 3.8) is 0 Å². The minimum Gasteiger partial charge on any atom is -0.490 e. The fourth-order valence-electron chi connectivity index (χ4n) is 3.52. The van der Waals surface area contributed by atoms with E-state index in [-0.39, 0.29) is 18.7 Å². The number of urea groups is 1. The summed E-state index contributed by atoms with van der Waals surface area (Å²) in [5.74, 6) is 0.354. The van der Waals surface area contributed by atoms with E-state index < -0.39 is 12.0 Å². The van der Waals surface area contributed by atoms with Crippen LogP contribution in [0.3, 0.4) is 0 Å². The third-order valence-electron chi connectivity index (χ3n) is 5.05. The molecule has 0 spiro atoms. The number of carbonyl (C=O) groups is 2. The van der Waals surface area contributed by atoms with E-state index >= 15 is 0 Å². The van der Waals surface area contributed by atoms with Crippen LogP contribution in [0, 0.1) is 0 Å². The highest BCUT2D eigenvalue weighted by Gasteiger charge is 2.35. The Balaban J connectivity index is 1.92. The first-order valence-corrected chi connectivity index (χ1v) is 9.20. The highest BCUT2D eigenvalue weighted by atomic mass is 16.5. The molecule has 2 amide bonds. The average molecular weight is 358 g/mol. The van der Waals surface area contributed by atoms with E-state index in [1.807, 2.05) is 24.3 Å². The molecule has 1 aromatic carbocycles. The summed E-state index contributed by atoms with van der Waals surface area (Å²) in [6, 6.07) is 6.81. The van der Waals surface area contributed by atoms with Crippen molar-refractivity contribution in [1.82, 2.24) is 10.2 Å². The van der Waals surface area contributed by atoms with Crippen LogP contribution in [0.15, 0.2) is 35.5 Å². The van der Waals surface area contributed by atoms with Crippen LogP contribution < -0.4 is 10.1 Å². The fourth-order valence-corrected chi connectivity index (χ4v) is 3.52. The first kappa shape index (κ1) is 18.3. The minimum atomic E-state index is -0.551. The fraction of sp³-hybridized carbons (Fsp3) is 0.500. The maximum absolute atomic E-state index is 12.5. The van der Waals surface area contributed by atoms with Gasteiger partial charge in [0.05, 0.1) is 24.3 Å². The topological polar surface area (TPSA) is 67.9 Å². The highest BCUT2D eigenvalue weighted by molar-refractivity contribution is 5.95. The van der Waals surface area contributed by atoms with Crippen molar-refractivity contribution in [2.45, 2.75) is 51.7 Å². The summed E-state index contributed by atoms with van der Waals surface area (Å²) in [5.41, 5.74) is 1.86. The Morgan fingerprint density at radius 1 is 1.31 bits per heavy atom. The van der Waals surface area contributed by atoms with Gasteiger partial charge in [0, 0.05) is 12.7 Å². The minimum absolute atomic E-state index is 0.248. The highest BCUT2D eigenvalue weighted by Crippen LogP contribution is 2.33. The number of hydrogen-bond donors (Lipinski definition) is 1. The zero-order valence-electron chi connectivity index (χ0n) is 15.6. The maximum atomic E-state index is 12.5. The Kier molecular flexibility index (Phi) is 5.49. The number of hydrogen-bond acceptors (Lipinski definition) is 4. The van der Waals surface area contributed by atoms with E-state index in [1.54, 1.807) is 20.9 Å². The smallest absolute Gasteiger partial charge is 0.338 e. The first-order valence-electron chi connectivity index (χ1n) is 9.20. The van der Waals surface area contributed by atoms with Gasteiger partial charge in [0.15, 0.2) is 0 Å². The molecule has 0 saturated heterocycles. The molecule has 1 N–H and O–H groups in total. The molecule has 6 heteroatoms. The number of ether oxygens (including phenoxy) is 2. The third-order valence-corrected chi connectivity index (χ3v) is 5.05. The lowest BCUT2D eigenvalue weighted by Gasteiger charge is -2.33. The predicted molar refractivity (Wildman–Crippen MR) is 97.7 cm³/mol. The van der Waals surface area contributed by atoms with Gasteiger partial charge in [-0.05, 0) is 57.2 Å². The number of benzene rings is 1. The molecule has 1 fully saturated rings. The molecule has 1 aliphatic carbocycles. The molecule has 1 aromatic rings. The Labute approximate surface area is 154 Å². The zero-order valence-corrected chi connectivity index (χ0v) is 15.6. The Morgan fingerprint density at radius 2 is 2.04 bits per heavy atom. The second-order valence-corrected chi connectivity index (χ2v) is 6.76. The summed E-state index contributed by atoms with van der Waals surface area (Å²) in [6.45, 7) is 3.81. The number of allylic oxidation sites excluding steroid dienone is 1. The lowest BCUT2D eigenvalue weighted by molar-refractivity contribution is -0.139. The molecule has 2 aliphatic rings. The van der Waals surface area contributed by atoms with Crippen LogP contribution in [0.25, 0.3) is 0 Å². The van der Waals surface area contributed by atoms with E-state index in [0.29, 0.717) is 11.3 Å². The zero-order chi connectivity index (χ0) is 18.7. The number of nitrogens with one attached hydrogen (secondary N) is 1. The van der Waals surface area contributed by atoms with Gasteiger partial charge in [0.25, 0.3) is 0 Å². The summed E-state index contributed by atoms with van der Waals surface area (Å²) >= 11 is 0. The third kappa shape index (κ3) is 3.69. The van der Waals surface area contributed by atoms with Crippen LogP contribution in [-0.4, -0.2) is 36.7 Å². The van der Waals surface area contributed by atoms with Gasteiger partial charge in [-0.2, -0.15) is 0 Å². The van der Waals surface area contributed by atoms with Crippen molar-refractivity contribution >= 4 is 12.0 Å². The second-order valence-electron chi connectivity index (χ2n) is 6.76. The number of esters is 1. The maximum Gasteiger partial charge on any atom is 0.338 e. The lowest BCUT2D eigenvalue weighted by atomic mass is 9.95. The van der Waals surface area contributed by atoms with Crippen LogP contribution in [0.2, 0.25) is 0 Å². The van der Waals surface area contributed by atoms with Crippen LogP contribution in [0.4, 0.5) is 4.79 Å². The van der Waals surface area contributed by atoms with E-state index in [2.05, 4.69) is 5.32 Å². The Hall–Kier alpha value is -2.50. The molecule has 0 radical (unpaired) electrons. The molecular weight excluding hydrogens is 332 g/mol. The van der Waals surface area contributed by atoms with Gasteiger partial charge in [-0.15, -0.1) is 0 Å². The number of amides is 2. The molecule has 140 valence electrons. The van der Waals surface area contributed by atoms with Gasteiger partial charge >= 0.3 is 12.0 Å². The van der Waals surface area contributed by atoms with Crippen molar-refractivity contribution in [2.75, 3.05) is 13.7 Å². The molecule has 0 bridgehead atoms. The van der Waals surface area contributed by atoms with Crippen molar-refractivity contribution in [3.8, 4) is 5.75 Å². The SMILES string of the molecule is CCOC(=O)C1=C(C)N(C)C(=O)N[C@H]1c1cccc(OC2CCCC2)c1. The van der Waals surface area contributed by atoms with Gasteiger partial charge in [0.1, 0.15) is 5.75 Å². The van der Waals surface area contributed by atoms with E-state index in [1.165, 1.54) is 17.7 Å². The normalized spacial score (nSPS) is 21.0. The lowest BCUT2D eigenvalue weighted by Crippen LogP contribution is -2.46. The molecule has 1 heterocycles. The molecule has 26 heavy (non-hydrogen) atoms. The van der Waals surface area contributed by atoms with Gasteiger partial charge in [-0.3, -0.25) is 0 Å². The summed E-state index contributed by atoms with van der Waals surface area (Å²) in [6.07, 6.45) is 4.79. The molecule has 6 nitrogen and oxygen atoms in total.